The molecule has 1 aromatic carbocycles. The molecule has 0 aliphatic rings. The van der Waals surface area contributed by atoms with Crippen LogP contribution in [0.3, 0.4) is 0 Å². The fourth-order valence-corrected chi connectivity index (χ4v) is 1.92. The molecule has 1 N–H and O–H groups in total. The number of aromatic nitrogens is 5. The number of rotatable bonds is 5. The topological polar surface area (TPSA) is 68.5 Å². The molecule has 0 amide bonds. The lowest BCUT2D eigenvalue weighted by Gasteiger charge is -2.02. The molecule has 0 radical (unpaired) electrons. The van der Waals surface area contributed by atoms with E-state index in [9.17, 15) is 0 Å². The highest BCUT2D eigenvalue weighted by Crippen LogP contribution is 2.13. The van der Waals surface area contributed by atoms with Gasteiger partial charge in [0.1, 0.15) is 0 Å². The third-order valence-corrected chi connectivity index (χ3v) is 3.04. The normalized spacial score (nSPS) is 10.7. The van der Waals surface area contributed by atoms with E-state index in [1.807, 2.05) is 48.7 Å². The number of nitrogens with zero attached hydrogens (tertiary/aromatic N) is 5. The summed E-state index contributed by atoms with van der Waals surface area (Å²) in [7, 11) is 0. The summed E-state index contributed by atoms with van der Waals surface area (Å²) in [6.07, 6.45) is 1.82. The number of nitrogens with one attached hydrogen (secondary N) is 1. The van der Waals surface area contributed by atoms with Gasteiger partial charge in [-0.3, -0.25) is 0 Å². The zero-order valence-electron chi connectivity index (χ0n) is 11.8. The minimum absolute atomic E-state index is 0.592. The van der Waals surface area contributed by atoms with Gasteiger partial charge in [0.25, 0.3) is 0 Å². The molecule has 0 fully saturated rings. The Bertz CT molecular complexity index is 690. The number of tetrazole rings is 1. The minimum Gasteiger partial charge on any atom is -0.313 e. The van der Waals surface area contributed by atoms with Crippen LogP contribution in [-0.2, 0) is 6.54 Å². The lowest BCUT2D eigenvalue weighted by Crippen LogP contribution is -2.12. The van der Waals surface area contributed by atoms with E-state index in [2.05, 4.69) is 32.6 Å². The Hall–Kier alpha value is -2.60. The van der Waals surface area contributed by atoms with Gasteiger partial charge in [0.05, 0.1) is 0 Å². The summed E-state index contributed by atoms with van der Waals surface area (Å²) in [6.45, 7) is 3.82. The average Bonchev–Trinajstić information content (AvgIpc) is 3.04. The van der Waals surface area contributed by atoms with E-state index in [4.69, 9.17) is 0 Å². The van der Waals surface area contributed by atoms with Crippen LogP contribution in [0.1, 0.15) is 12.5 Å². The molecule has 0 aliphatic heterocycles. The largest absolute Gasteiger partial charge is 0.313 e. The third-order valence-electron chi connectivity index (χ3n) is 3.04. The van der Waals surface area contributed by atoms with Crippen LogP contribution in [-0.4, -0.2) is 31.7 Å². The summed E-state index contributed by atoms with van der Waals surface area (Å²) in [5.74, 6) is 1.25. The quantitative estimate of drug-likeness (QED) is 0.772. The van der Waals surface area contributed by atoms with Crippen LogP contribution < -0.4 is 5.32 Å². The maximum absolute atomic E-state index is 4.37. The zero-order valence-corrected chi connectivity index (χ0v) is 11.8. The first-order valence-corrected chi connectivity index (χ1v) is 6.88. The van der Waals surface area contributed by atoms with Crippen LogP contribution in [0.2, 0.25) is 0 Å². The zero-order chi connectivity index (χ0) is 14.5. The van der Waals surface area contributed by atoms with Crippen molar-refractivity contribution in [1.29, 1.82) is 0 Å². The Morgan fingerprint density at radius 2 is 1.95 bits per heavy atom. The van der Waals surface area contributed by atoms with Crippen molar-refractivity contribution in [2.24, 2.45) is 0 Å². The minimum atomic E-state index is 0.592. The second kappa shape index (κ2) is 6.23. The first kappa shape index (κ1) is 13.4. The van der Waals surface area contributed by atoms with E-state index in [-0.39, 0.29) is 0 Å². The highest BCUT2D eigenvalue weighted by atomic mass is 15.6. The van der Waals surface area contributed by atoms with E-state index < -0.39 is 0 Å². The molecule has 6 nitrogen and oxygen atoms in total. The molecular weight excluding hydrogens is 264 g/mol. The molecule has 0 saturated carbocycles. The number of benzene rings is 1. The van der Waals surface area contributed by atoms with Crippen LogP contribution in [0.15, 0.2) is 48.7 Å². The number of hydrogen-bond donors (Lipinski definition) is 1. The molecule has 2 aromatic heterocycles. The summed E-state index contributed by atoms with van der Waals surface area (Å²) in [6, 6.07) is 13.7. The predicted molar refractivity (Wildman–Crippen MR) is 79.8 cm³/mol. The van der Waals surface area contributed by atoms with Crippen LogP contribution in [0.5, 0.6) is 0 Å². The van der Waals surface area contributed by atoms with Crippen LogP contribution in [0, 0.1) is 0 Å². The molecular formula is C15H16N6. The SMILES string of the molecule is CCNCc1ccc(-n2nnc(-c3ccccc3)n2)nc1. The Balaban J connectivity index is 1.80. The fraction of sp³-hybridized carbons (Fsp3) is 0.200. The van der Waals surface area contributed by atoms with Crippen molar-refractivity contribution in [3.63, 3.8) is 0 Å². The van der Waals surface area contributed by atoms with Gasteiger partial charge in [-0.15, -0.1) is 15.0 Å². The van der Waals surface area contributed by atoms with Crippen molar-refractivity contribution < 1.29 is 0 Å². The van der Waals surface area contributed by atoms with Crippen LogP contribution in [0.25, 0.3) is 17.2 Å². The van der Waals surface area contributed by atoms with E-state index in [1.165, 1.54) is 4.80 Å². The Labute approximate surface area is 122 Å². The second-order valence-electron chi connectivity index (χ2n) is 4.57. The van der Waals surface area contributed by atoms with Crippen molar-refractivity contribution in [2.75, 3.05) is 6.54 Å². The Morgan fingerprint density at radius 3 is 2.67 bits per heavy atom. The molecule has 0 saturated heterocycles. The summed E-state index contributed by atoms with van der Waals surface area (Å²) >= 11 is 0. The van der Waals surface area contributed by atoms with Gasteiger partial charge in [0.15, 0.2) is 5.82 Å². The smallest absolute Gasteiger partial charge is 0.205 e. The van der Waals surface area contributed by atoms with E-state index in [0.717, 1.165) is 24.2 Å². The molecule has 0 unspecified atom stereocenters. The highest BCUT2D eigenvalue weighted by molar-refractivity contribution is 5.53. The standard InChI is InChI=1S/C15H16N6/c1-2-16-10-12-8-9-14(17-11-12)21-19-15(18-20-21)13-6-4-3-5-7-13/h3-9,11,16H,2,10H2,1H3. The maximum atomic E-state index is 4.37. The molecule has 6 heteroatoms. The van der Waals surface area contributed by atoms with Crippen molar-refractivity contribution in [3.8, 4) is 17.2 Å². The first-order valence-electron chi connectivity index (χ1n) is 6.88. The van der Waals surface area contributed by atoms with Gasteiger partial charge in [-0.1, -0.05) is 43.3 Å². The third kappa shape index (κ3) is 3.11. The maximum Gasteiger partial charge on any atom is 0.205 e. The number of pyridine rings is 1. The van der Waals surface area contributed by atoms with Crippen molar-refractivity contribution >= 4 is 0 Å². The van der Waals surface area contributed by atoms with Gasteiger partial charge in [0.2, 0.25) is 5.82 Å². The van der Waals surface area contributed by atoms with Gasteiger partial charge in [0, 0.05) is 18.3 Å². The monoisotopic (exact) mass is 280 g/mol. The molecule has 3 aromatic rings. The van der Waals surface area contributed by atoms with Crippen molar-refractivity contribution in [3.05, 3.63) is 54.2 Å². The van der Waals surface area contributed by atoms with Gasteiger partial charge in [-0.25, -0.2) is 4.98 Å². The summed E-state index contributed by atoms with van der Waals surface area (Å²) in [4.78, 5) is 5.81. The first-order chi connectivity index (χ1) is 10.4. The van der Waals surface area contributed by atoms with E-state index in [1.54, 1.807) is 0 Å². The van der Waals surface area contributed by atoms with E-state index >= 15 is 0 Å². The van der Waals surface area contributed by atoms with Crippen molar-refractivity contribution in [2.45, 2.75) is 13.5 Å². The lowest BCUT2D eigenvalue weighted by molar-refractivity contribution is 0.693. The molecule has 0 aliphatic carbocycles. The molecule has 21 heavy (non-hydrogen) atoms. The molecule has 0 bridgehead atoms. The highest BCUT2D eigenvalue weighted by Gasteiger charge is 2.07. The molecule has 106 valence electrons. The molecule has 3 rings (SSSR count). The molecule has 0 atom stereocenters. The van der Waals surface area contributed by atoms with Gasteiger partial charge in [-0.2, -0.15) is 0 Å². The van der Waals surface area contributed by atoms with Crippen LogP contribution >= 0.6 is 0 Å². The summed E-state index contributed by atoms with van der Waals surface area (Å²) in [5, 5.41) is 15.7. The molecule has 0 spiro atoms. The van der Waals surface area contributed by atoms with E-state index in [0.29, 0.717) is 11.6 Å². The molecule has 2 heterocycles. The average molecular weight is 280 g/mol. The predicted octanol–water partition coefficient (Wildman–Crippen LogP) is 1.83. The Morgan fingerprint density at radius 1 is 1.10 bits per heavy atom. The summed E-state index contributed by atoms with van der Waals surface area (Å²) in [5.41, 5.74) is 2.07. The lowest BCUT2D eigenvalue weighted by atomic mass is 10.2. The van der Waals surface area contributed by atoms with Gasteiger partial charge < -0.3 is 5.32 Å². The van der Waals surface area contributed by atoms with Crippen LogP contribution in [0.4, 0.5) is 0 Å². The van der Waals surface area contributed by atoms with Gasteiger partial charge >= 0.3 is 0 Å². The fourth-order valence-electron chi connectivity index (χ4n) is 1.92. The second-order valence-corrected chi connectivity index (χ2v) is 4.57. The Kier molecular flexibility index (Phi) is 3.97. The van der Waals surface area contributed by atoms with Gasteiger partial charge in [-0.05, 0) is 23.4 Å². The number of hydrogen-bond acceptors (Lipinski definition) is 5. The van der Waals surface area contributed by atoms with Crippen molar-refractivity contribution in [1.82, 2.24) is 30.5 Å². The summed E-state index contributed by atoms with van der Waals surface area (Å²) < 4.78 is 0.